The van der Waals surface area contributed by atoms with Crippen molar-refractivity contribution >= 4 is 5.97 Å². The van der Waals surface area contributed by atoms with E-state index in [0.29, 0.717) is 12.5 Å². The van der Waals surface area contributed by atoms with Crippen molar-refractivity contribution in [3.8, 4) is 5.75 Å². The minimum Gasteiger partial charge on any atom is -0.494 e. The molecule has 1 rings (SSSR count). The molecule has 1 aromatic carbocycles. The first-order valence-electron chi connectivity index (χ1n) is 7.08. The molecule has 0 spiro atoms. The summed E-state index contributed by atoms with van der Waals surface area (Å²) in [6, 6.07) is 8.26. The van der Waals surface area contributed by atoms with Crippen LogP contribution in [0.2, 0.25) is 0 Å². The lowest BCUT2D eigenvalue weighted by atomic mass is 9.99. The largest absolute Gasteiger partial charge is 0.494 e. The summed E-state index contributed by atoms with van der Waals surface area (Å²) in [6.45, 7) is 5.06. The Bertz CT molecular complexity index is 370. The van der Waals surface area contributed by atoms with Gasteiger partial charge in [-0.15, -0.1) is 0 Å². The molecule has 1 atom stereocenters. The topological polar surface area (TPSA) is 46.5 Å². The van der Waals surface area contributed by atoms with Crippen molar-refractivity contribution in [2.45, 2.75) is 51.9 Å². The second kappa shape index (κ2) is 8.57. The summed E-state index contributed by atoms with van der Waals surface area (Å²) in [4.78, 5) is 10.3. The Morgan fingerprint density at radius 3 is 2.47 bits per heavy atom. The van der Waals surface area contributed by atoms with Crippen molar-refractivity contribution in [1.82, 2.24) is 0 Å². The maximum Gasteiger partial charge on any atom is 0.303 e. The molecule has 0 aromatic heterocycles. The number of carbonyl (C=O) groups is 1. The van der Waals surface area contributed by atoms with E-state index in [1.165, 1.54) is 5.56 Å². The predicted molar refractivity (Wildman–Crippen MR) is 76.7 cm³/mol. The van der Waals surface area contributed by atoms with Crippen LogP contribution in [0.5, 0.6) is 5.75 Å². The van der Waals surface area contributed by atoms with Crippen LogP contribution in [0.3, 0.4) is 0 Å². The lowest BCUT2D eigenvalue weighted by Gasteiger charge is -2.10. The number of unbranched alkanes of at least 4 members (excludes halogenated alkanes) is 2. The van der Waals surface area contributed by atoms with E-state index in [0.717, 1.165) is 31.4 Å². The molecule has 0 fully saturated rings. The lowest BCUT2D eigenvalue weighted by Crippen LogP contribution is -1.99. The normalized spacial score (nSPS) is 12.1. The molecule has 19 heavy (non-hydrogen) atoms. The smallest absolute Gasteiger partial charge is 0.303 e. The predicted octanol–water partition coefficient (Wildman–Crippen LogP) is 4.22. The van der Waals surface area contributed by atoms with Crippen LogP contribution in [0.1, 0.15) is 57.4 Å². The summed E-state index contributed by atoms with van der Waals surface area (Å²) in [5.74, 6) is 0.761. The van der Waals surface area contributed by atoms with Gasteiger partial charge in [0, 0.05) is 6.42 Å². The SMILES string of the molecule is CCC(C)c1ccc(OCCCCCC(=O)O)cc1. The van der Waals surface area contributed by atoms with E-state index in [9.17, 15) is 4.79 Å². The second-order valence-electron chi connectivity index (χ2n) is 4.93. The summed E-state index contributed by atoms with van der Waals surface area (Å²) < 4.78 is 5.63. The van der Waals surface area contributed by atoms with E-state index < -0.39 is 5.97 Å². The quantitative estimate of drug-likeness (QED) is 0.679. The van der Waals surface area contributed by atoms with E-state index >= 15 is 0 Å². The molecule has 0 radical (unpaired) electrons. The first-order chi connectivity index (χ1) is 9.13. The highest BCUT2D eigenvalue weighted by Crippen LogP contribution is 2.21. The Balaban J connectivity index is 2.21. The Morgan fingerprint density at radius 2 is 1.89 bits per heavy atom. The summed E-state index contributed by atoms with van der Waals surface area (Å²) >= 11 is 0. The van der Waals surface area contributed by atoms with E-state index in [2.05, 4.69) is 26.0 Å². The zero-order valence-electron chi connectivity index (χ0n) is 11.9. The fraction of sp³-hybridized carbons (Fsp3) is 0.562. The van der Waals surface area contributed by atoms with Gasteiger partial charge in [-0.1, -0.05) is 26.0 Å². The van der Waals surface area contributed by atoms with Gasteiger partial charge >= 0.3 is 5.97 Å². The lowest BCUT2D eigenvalue weighted by molar-refractivity contribution is -0.137. The number of carboxylic acid groups (broad SMARTS) is 1. The molecule has 0 heterocycles. The van der Waals surface area contributed by atoms with Gasteiger partial charge in [0.2, 0.25) is 0 Å². The van der Waals surface area contributed by atoms with Gasteiger partial charge in [-0.25, -0.2) is 0 Å². The summed E-state index contributed by atoms with van der Waals surface area (Å²) in [5, 5.41) is 8.51. The molecule has 3 nitrogen and oxygen atoms in total. The van der Waals surface area contributed by atoms with Crippen LogP contribution in [0.25, 0.3) is 0 Å². The van der Waals surface area contributed by atoms with E-state index in [4.69, 9.17) is 9.84 Å². The number of hydrogen-bond donors (Lipinski definition) is 1. The van der Waals surface area contributed by atoms with Gasteiger partial charge in [0.05, 0.1) is 6.61 Å². The first-order valence-corrected chi connectivity index (χ1v) is 7.08. The number of benzene rings is 1. The van der Waals surface area contributed by atoms with Crippen LogP contribution in [0.4, 0.5) is 0 Å². The Labute approximate surface area is 115 Å². The standard InChI is InChI=1S/C16H24O3/c1-3-13(2)14-8-10-15(11-9-14)19-12-6-4-5-7-16(17)18/h8-11,13H,3-7,12H2,1-2H3,(H,17,18). The third kappa shape index (κ3) is 6.27. The van der Waals surface area contributed by atoms with Gasteiger partial charge in [0.25, 0.3) is 0 Å². The van der Waals surface area contributed by atoms with E-state index in [1.807, 2.05) is 12.1 Å². The third-order valence-corrected chi connectivity index (χ3v) is 3.37. The van der Waals surface area contributed by atoms with Crippen molar-refractivity contribution in [2.75, 3.05) is 6.61 Å². The third-order valence-electron chi connectivity index (χ3n) is 3.37. The minimum absolute atomic E-state index is 0.254. The molecule has 0 aliphatic carbocycles. The maximum atomic E-state index is 10.3. The maximum absolute atomic E-state index is 10.3. The average Bonchev–Trinajstić information content (AvgIpc) is 2.42. The van der Waals surface area contributed by atoms with Crippen molar-refractivity contribution in [3.63, 3.8) is 0 Å². The Kier molecular flexibility index (Phi) is 7.01. The molecule has 0 aliphatic rings. The molecule has 0 bridgehead atoms. The summed E-state index contributed by atoms with van der Waals surface area (Å²) in [7, 11) is 0. The van der Waals surface area contributed by atoms with Crippen LogP contribution in [0.15, 0.2) is 24.3 Å². The number of rotatable bonds is 9. The van der Waals surface area contributed by atoms with Crippen LogP contribution < -0.4 is 4.74 Å². The molecule has 0 aliphatic heterocycles. The summed E-state index contributed by atoms with van der Waals surface area (Å²) in [6.07, 6.45) is 3.93. The number of ether oxygens (including phenoxy) is 1. The zero-order valence-corrected chi connectivity index (χ0v) is 11.9. The van der Waals surface area contributed by atoms with Gasteiger partial charge in [-0.2, -0.15) is 0 Å². The fourth-order valence-electron chi connectivity index (χ4n) is 1.87. The Morgan fingerprint density at radius 1 is 1.21 bits per heavy atom. The van der Waals surface area contributed by atoms with Gasteiger partial charge in [0.1, 0.15) is 5.75 Å². The molecule has 106 valence electrons. The zero-order chi connectivity index (χ0) is 14.1. The number of aliphatic carboxylic acids is 1. The average molecular weight is 264 g/mol. The van der Waals surface area contributed by atoms with Gasteiger partial charge in [0.15, 0.2) is 0 Å². The van der Waals surface area contributed by atoms with E-state index in [1.54, 1.807) is 0 Å². The first kappa shape index (κ1) is 15.5. The van der Waals surface area contributed by atoms with Gasteiger partial charge < -0.3 is 9.84 Å². The molecule has 1 unspecified atom stereocenters. The summed E-state index contributed by atoms with van der Waals surface area (Å²) in [5.41, 5.74) is 1.34. The molecule has 3 heteroatoms. The van der Waals surface area contributed by atoms with Crippen LogP contribution in [-0.4, -0.2) is 17.7 Å². The highest BCUT2D eigenvalue weighted by molar-refractivity contribution is 5.66. The number of hydrogen-bond acceptors (Lipinski definition) is 2. The van der Waals surface area contributed by atoms with Crippen molar-refractivity contribution in [3.05, 3.63) is 29.8 Å². The highest BCUT2D eigenvalue weighted by Gasteiger charge is 2.02. The van der Waals surface area contributed by atoms with Crippen molar-refractivity contribution < 1.29 is 14.6 Å². The molecule has 1 aromatic rings. The second-order valence-corrected chi connectivity index (χ2v) is 4.93. The van der Waals surface area contributed by atoms with Crippen molar-refractivity contribution in [2.24, 2.45) is 0 Å². The highest BCUT2D eigenvalue weighted by atomic mass is 16.5. The molecular weight excluding hydrogens is 240 g/mol. The van der Waals surface area contributed by atoms with Crippen molar-refractivity contribution in [1.29, 1.82) is 0 Å². The molecule has 1 N–H and O–H groups in total. The van der Waals surface area contributed by atoms with Crippen LogP contribution in [0, 0.1) is 0 Å². The van der Waals surface area contributed by atoms with E-state index in [-0.39, 0.29) is 6.42 Å². The monoisotopic (exact) mass is 264 g/mol. The van der Waals surface area contributed by atoms with Crippen LogP contribution >= 0.6 is 0 Å². The van der Waals surface area contributed by atoms with Gasteiger partial charge in [-0.3, -0.25) is 4.79 Å². The molecule has 0 saturated carbocycles. The number of carboxylic acids is 1. The molecule has 0 saturated heterocycles. The molecule has 0 amide bonds. The fourth-order valence-corrected chi connectivity index (χ4v) is 1.87. The van der Waals surface area contributed by atoms with Gasteiger partial charge in [-0.05, 0) is 49.3 Å². The van der Waals surface area contributed by atoms with Crippen LogP contribution in [-0.2, 0) is 4.79 Å². The minimum atomic E-state index is -0.721. The Hall–Kier alpha value is -1.51. The molecular formula is C16H24O3.